The Hall–Kier alpha value is -0.870. The van der Waals surface area contributed by atoms with Crippen molar-refractivity contribution < 1.29 is 9.53 Å². The van der Waals surface area contributed by atoms with Gasteiger partial charge in [-0.05, 0) is 5.56 Å². The van der Waals surface area contributed by atoms with Crippen LogP contribution in [0, 0.1) is 0 Å². The minimum atomic E-state index is -0.286. The van der Waals surface area contributed by atoms with Crippen LogP contribution < -0.4 is 5.32 Å². The minimum absolute atomic E-state index is 0.0549. The van der Waals surface area contributed by atoms with Crippen LogP contribution in [0.2, 0.25) is 0 Å². The molecule has 0 spiro atoms. The van der Waals surface area contributed by atoms with Crippen LogP contribution >= 0.6 is 15.9 Å². The fourth-order valence-electron chi connectivity index (χ4n) is 1.12. The number of carbonyl (C=O) groups is 1. The Morgan fingerprint density at radius 1 is 1.47 bits per heavy atom. The fourth-order valence-corrected chi connectivity index (χ4v) is 1.54. The van der Waals surface area contributed by atoms with E-state index in [-0.39, 0.29) is 10.7 Å². The molecule has 0 heterocycles. The van der Waals surface area contributed by atoms with Gasteiger partial charge in [-0.3, -0.25) is 4.79 Å². The van der Waals surface area contributed by atoms with Crippen LogP contribution in [0.3, 0.4) is 0 Å². The Labute approximate surface area is 97.9 Å². The number of ether oxygens (including phenoxy) is 1. The molecule has 1 aromatic carbocycles. The topological polar surface area (TPSA) is 38.3 Å². The van der Waals surface area contributed by atoms with Crippen molar-refractivity contribution in [2.75, 3.05) is 13.7 Å². The standard InChI is InChI=1S/C11H14BrNO2/c1-15-8-10(12)11(14)13-7-9-5-3-2-4-6-9/h2-6,10H,7-8H2,1H3,(H,13,14). The quantitative estimate of drug-likeness (QED) is 0.829. The molecule has 1 aromatic rings. The summed E-state index contributed by atoms with van der Waals surface area (Å²) in [5, 5.41) is 2.82. The number of amides is 1. The number of hydrogen-bond acceptors (Lipinski definition) is 2. The molecule has 82 valence electrons. The number of carbonyl (C=O) groups excluding carboxylic acids is 1. The lowest BCUT2D eigenvalue weighted by atomic mass is 10.2. The highest BCUT2D eigenvalue weighted by atomic mass is 79.9. The summed E-state index contributed by atoms with van der Waals surface area (Å²) < 4.78 is 4.87. The lowest BCUT2D eigenvalue weighted by Gasteiger charge is -2.09. The van der Waals surface area contributed by atoms with Crippen LogP contribution in [-0.4, -0.2) is 24.5 Å². The van der Waals surface area contributed by atoms with E-state index < -0.39 is 0 Å². The van der Waals surface area contributed by atoms with Crippen molar-refractivity contribution in [1.82, 2.24) is 5.32 Å². The maximum atomic E-state index is 11.5. The smallest absolute Gasteiger partial charge is 0.236 e. The third kappa shape index (κ3) is 4.44. The van der Waals surface area contributed by atoms with E-state index in [1.54, 1.807) is 7.11 Å². The van der Waals surface area contributed by atoms with E-state index in [2.05, 4.69) is 21.2 Å². The summed E-state index contributed by atoms with van der Waals surface area (Å²) in [4.78, 5) is 11.2. The Kier molecular flexibility index (Phi) is 5.36. The average Bonchev–Trinajstić information content (AvgIpc) is 2.27. The van der Waals surface area contributed by atoms with E-state index in [0.29, 0.717) is 13.2 Å². The maximum absolute atomic E-state index is 11.5. The summed E-state index contributed by atoms with van der Waals surface area (Å²) in [6.45, 7) is 0.923. The molecule has 0 saturated carbocycles. The van der Waals surface area contributed by atoms with Gasteiger partial charge in [-0.15, -0.1) is 0 Å². The zero-order valence-electron chi connectivity index (χ0n) is 8.57. The molecule has 15 heavy (non-hydrogen) atoms. The average molecular weight is 272 g/mol. The predicted molar refractivity (Wildman–Crippen MR) is 62.9 cm³/mol. The number of hydrogen-bond donors (Lipinski definition) is 1. The van der Waals surface area contributed by atoms with Gasteiger partial charge in [0, 0.05) is 13.7 Å². The molecule has 1 atom stereocenters. The van der Waals surface area contributed by atoms with Crippen LogP contribution in [0.25, 0.3) is 0 Å². The van der Waals surface area contributed by atoms with Gasteiger partial charge >= 0.3 is 0 Å². The van der Waals surface area contributed by atoms with Crippen molar-refractivity contribution in [3.63, 3.8) is 0 Å². The number of benzene rings is 1. The minimum Gasteiger partial charge on any atom is -0.383 e. The van der Waals surface area contributed by atoms with Crippen molar-refractivity contribution >= 4 is 21.8 Å². The first-order valence-electron chi connectivity index (χ1n) is 4.68. The van der Waals surface area contributed by atoms with Crippen molar-refractivity contribution in [2.24, 2.45) is 0 Å². The first kappa shape index (κ1) is 12.2. The maximum Gasteiger partial charge on any atom is 0.236 e. The zero-order valence-corrected chi connectivity index (χ0v) is 10.2. The Balaban J connectivity index is 2.34. The van der Waals surface area contributed by atoms with Crippen LogP contribution in [0.4, 0.5) is 0 Å². The first-order chi connectivity index (χ1) is 7.24. The van der Waals surface area contributed by atoms with E-state index >= 15 is 0 Å². The zero-order chi connectivity index (χ0) is 11.1. The summed E-state index contributed by atoms with van der Waals surface area (Å²) in [5.41, 5.74) is 1.09. The molecule has 1 N–H and O–H groups in total. The van der Waals surface area contributed by atoms with Crippen molar-refractivity contribution in [3.05, 3.63) is 35.9 Å². The van der Waals surface area contributed by atoms with Gasteiger partial charge in [0.15, 0.2) is 0 Å². The van der Waals surface area contributed by atoms with Crippen molar-refractivity contribution in [3.8, 4) is 0 Å². The molecular formula is C11H14BrNO2. The highest BCUT2D eigenvalue weighted by Gasteiger charge is 2.13. The molecule has 4 heteroatoms. The van der Waals surface area contributed by atoms with Crippen LogP contribution in [0.15, 0.2) is 30.3 Å². The summed E-state index contributed by atoms with van der Waals surface area (Å²) in [7, 11) is 1.57. The molecule has 1 amide bonds. The molecule has 0 fully saturated rings. The second kappa shape index (κ2) is 6.58. The molecule has 0 bridgehead atoms. The van der Waals surface area contributed by atoms with E-state index in [1.807, 2.05) is 30.3 Å². The molecule has 0 aliphatic heterocycles. The largest absolute Gasteiger partial charge is 0.383 e. The molecule has 0 radical (unpaired) electrons. The van der Waals surface area contributed by atoms with E-state index in [1.165, 1.54) is 0 Å². The third-order valence-corrected chi connectivity index (χ3v) is 2.59. The van der Waals surface area contributed by atoms with Gasteiger partial charge in [0.1, 0.15) is 4.83 Å². The second-order valence-electron chi connectivity index (χ2n) is 3.13. The molecular weight excluding hydrogens is 258 g/mol. The predicted octanol–water partition coefficient (Wildman–Crippen LogP) is 1.71. The fraction of sp³-hybridized carbons (Fsp3) is 0.364. The molecule has 0 aromatic heterocycles. The third-order valence-electron chi connectivity index (χ3n) is 1.91. The van der Waals surface area contributed by atoms with Crippen molar-refractivity contribution in [1.29, 1.82) is 0 Å². The van der Waals surface area contributed by atoms with Gasteiger partial charge in [-0.25, -0.2) is 0 Å². The van der Waals surface area contributed by atoms with E-state index in [4.69, 9.17) is 4.74 Å². The Morgan fingerprint density at radius 2 is 2.13 bits per heavy atom. The van der Waals surface area contributed by atoms with E-state index in [9.17, 15) is 4.79 Å². The Morgan fingerprint density at radius 3 is 2.73 bits per heavy atom. The number of nitrogens with one attached hydrogen (secondary N) is 1. The van der Waals surface area contributed by atoms with Gasteiger partial charge in [0.25, 0.3) is 0 Å². The highest BCUT2D eigenvalue weighted by molar-refractivity contribution is 9.10. The van der Waals surface area contributed by atoms with Crippen LogP contribution in [0.5, 0.6) is 0 Å². The number of halogens is 1. The number of methoxy groups -OCH3 is 1. The molecule has 1 unspecified atom stereocenters. The summed E-state index contributed by atoms with van der Waals surface area (Å²) >= 11 is 3.24. The molecule has 3 nitrogen and oxygen atoms in total. The summed E-state index contributed by atoms with van der Waals surface area (Å²) in [6.07, 6.45) is 0. The van der Waals surface area contributed by atoms with Gasteiger partial charge < -0.3 is 10.1 Å². The van der Waals surface area contributed by atoms with Gasteiger partial charge in [0.2, 0.25) is 5.91 Å². The summed E-state index contributed by atoms with van der Waals surface area (Å²) in [5.74, 6) is -0.0549. The van der Waals surface area contributed by atoms with Crippen LogP contribution in [-0.2, 0) is 16.1 Å². The molecule has 0 aliphatic carbocycles. The SMILES string of the molecule is COCC(Br)C(=O)NCc1ccccc1. The van der Waals surface area contributed by atoms with Gasteiger partial charge in [-0.2, -0.15) is 0 Å². The second-order valence-corrected chi connectivity index (χ2v) is 4.23. The summed E-state index contributed by atoms with van der Waals surface area (Å²) in [6, 6.07) is 9.79. The van der Waals surface area contributed by atoms with Gasteiger partial charge in [-0.1, -0.05) is 46.3 Å². The normalized spacial score (nSPS) is 12.1. The number of rotatable bonds is 5. The lowest BCUT2D eigenvalue weighted by Crippen LogP contribution is -2.33. The van der Waals surface area contributed by atoms with Gasteiger partial charge in [0.05, 0.1) is 6.61 Å². The Bertz CT molecular complexity index is 303. The monoisotopic (exact) mass is 271 g/mol. The molecule has 0 aliphatic rings. The lowest BCUT2D eigenvalue weighted by molar-refractivity contribution is -0.121. The molecule has 0 saturated heterocycles. The first-order valence-corrected chi connectivity index (χ1v) is 5.60. The van der Waals surface area contributed by atoms with Crippen molar-refractivity contribution in [2.45, 2.75) is 11.4 Å². The number of alkyl halides is 1. The van der Waals surface area contributed by atoms with E-state index in [0.717, 1.165) is 5.56 Å². The van der Waals surface area contributed by atoms with Crippen LogP contribution in [0.1, 0.15) is 5.56 Å². The highest BCUT2D eigenvalue weighted by Crippen LogP contribution is 2.02. The molecule has 1 rings (SSSR count).